The van der Waals surface area contributed by atoms with Crippen molar-refractivity contribution in [2.45, 2.75) is 0 Å². The van der Waals surface area contributed by atoms with Crippen LogP contribution in [0.1, 0.15) is 0 Å². The Morgan fingerprint density at radius 3 is 1.25 bits per heavy atom. The monoisotopic (exact) mass is 120 g/mol. The molecule has 0 aromatic heterocycles. The second-order valence-electron chi connectivity index (χ2n) is 1.20. The lowest BCUT2D eigenvalue weighted by molar-refractivity contribution is 2.81. The fraction of sp³-hybridized carbons (Fsp3) is 0. The predicted molar refractivity (Wildman–Crippen MR) is 40.5 cm³/mol. The van der Waals surface area contributed by atoms with Gasteiger partial charge in [-0.05, 0) is 0 Å². The minimum atomic E-state index is -2.08. The molecule has 0 aliphatic carbocycles. The molecule has 1 heteroatoms. The molecule has 0 spiro atoms. The Balaban J connectivity index is 4.74. The van der Waals surface area contributed by atoms with E-state index in [-0.39, 0.29) is 0 Å². The molecule has 0 unspecified atom stereocenters. The average molecular weight is 120 g/mol. The third kappa shape index (κ3) is 1.24. The molecule has 0 saturated carbocycles. The highest BCUT2D eigenvalue weighted by Crippen LogP contribution is 2.39. The van der Waals surface area contributed by atoms with Crippen LogP contribution in [0.4, 0.5) is 0 Å². The van der Waals surface area contributed by atoms with E-state index >= 15 is 0 Å². The maximum atomic E-state index is 4.98. The van der Waals surface area contributed by atoms with Gasteiger partial charge in [0.25, 0.3) is 0 Å². The zero-order valence-corrected chi connectivity index (χ0v) is 5.28. The Bertz CT molecular complexity index is 196. The van der Waals surface area contributed by atoms with Crippen LogP contribution in [0.15, 0.2) is 0 Å². The first-order valence-electron chi connectivity index (χ1n) is 1.85. The lowest BCUT2D eigenvalue weighted by Crippen LogP contribution is -1.62. The van der Waals surface area contributed by atoms with E-state index < -0.39 is 6.89 Å². The topological polar surface area (TPSA) is 0 Å². The van der Waals surface area contributed by atoms with Crippen molar-refractivity contribution in [3.63, 3.8) is 0 Å². The molecular weight excluding hydrogens is 115 g/mol. The van der Waals surface area contributed by atoms with E-state index in [1.54, 1.807) is 0 Å². The van der Waals surface area contributed by atoms with E-state index in [2.05, 4.69) is 23.3 Å². The SMILES string of the molecule is C#CP(=C)(C#C)C#C. The maximum Gasteiger partial charge on any atom is 0.0899 e. The Labute approximate surface area is 50.3 Å². The first-order valence-corrected chi connectivity index (χ1v) is 3.83. The second kappa shape index (κ2) is 2.33. The van der Waals surface area contributed by atoms with E-state index in [4.69, 9.17) is 19.3 Å². The summed E-state index contributed by atoms with van der Waals surface area (Å²) in [5.41, 5.74) is 6.92. The van der Waals surface area contributed by atoms with Crippen molar-refractivity contribution in [1.29, 1.82) is 0 Å². The molecule has 0 aromatic carbocycles. The van der Waals surface area contributed by atoms with Crippen molar-refractivity contribution in [2.75, 3.05) is 0 Å². The fourth-order valence-electron chi connectivity index (χ4n) is 0.112. The second-order valence-corrected chi connectivity index (χ2v) is 3.59. The Morgan fingerprint density at radius 2 is 1.25 bits per heavy atom. The van der Waals surface area contributed by atoms with Gasteiger partial charge in [-0.15, -0.1) is 19.3 Å². The molecule has 0 saturated heterocycles. The summed E-state index contributed by atoms with van der Waals surface area (Å²) in [6, 6.07) is 0. The van der Waals surface area contributed by atoms with E-state index in [9.17, 15) is 0 Å². The molecule has 0 heterocycles. The zero-order valence-electron chi connectivity index (χ0n) is 4.39. The Kier molecular flexibility index (Phi) is 2.03. The Hall–Kier alpha value is -1.02. The highest BCUT2D eigenvalue weighted by Gasteiger charge is 1.96. The van der Waals surface area contributed by atoms with Gasteiger partial charge < -0.3 is 0 Å². The van der Waals surface area contributed by atoms with Gasteiger partial charge >= 0.3 is 0 Å². The quantitative estimate of drug-likeness (QED) is 0.333. The molecule has 8 heavy (non-hydrogen) atoms. The molecule has 0 aromatic rings. The largest absolute Gasteiger partial charge is 0.114 e. The normalized spacial score (nSPS) is 8.12. The molecule has 0 rings (SSSR count). The van der Waals surface area contributed by atoms with E-state index in [0.717, 1.165) is 0 Å². The zero-order chi connectivity index (χ0) is 6.62. The van der Waals surface area contributed by atoms with Crippen LogP contribution in [0.2, 0.25) is 0 Å². The van der Waals surface area contributed by atoms with Crippen LogP contribution in [-0.2, 0) is 0 Å². The van der Waals surface area contributed by atoms with Crippen molar-refractivity contribution in [2.24, 2.45) is 0 Å². The summed E-state index contributed by atoms with van der Waals surface area (Å²) in [6.07, 6.45) is 18.5. The first-order chi connectivity index (χ1) is 3.68. The van der Waals surface area contributed by atoms with E-state index in [0.29, 0.717) is 0 Å². The molecule has 0 bridgehead atoms. The average Bonchev–Trinajstić information content (AvgIpc) is 1.87. The molecule has 0 aliphatic heterocycles. The predicted octanol–water partition coefficient (Wildman–Crippen LogP) is 1.21. The summed E-state index contributed by atoms with van der Waals surface area (Å²) in [5.74, 6) is 0. The van der Waals surface area contributed by atoms with Crippen LogP contribution >= 0.6 is 6.89 Å². The van der Waals surface area contributed by atoms with Gasteiger partial charge in [0.2, 0.25) is 0 Å². The lowest BCUT2D eigenvalue weighted by Gasteiger charge is -1.94. The molecule has 0 amide bonds. The van der Waals surface area contributed by atoms with Gasteiger partial charge in [0.1, 0.15) is 0 Å². The van der Waals surface area contributed by atoms with Crippen LogP contribution in [0.25, 0.3) is 0 Å². The molecule has 0 fully saturated rings. The molecule has 0 nitrogen and oxygen atoms in total. The van der Waals surface area contributed by atoms with Crippen LogP contribution in [-0.4, -0.2) is 6.30 Å². The number of terminal acetylenes is 3. The van der Waals surface area contributed by atoms with Crippen LogP contribution in [0, 0.1) is 36.3 Å². The van der Waals surface area contributed by atoms with E-state index in [1.807, 2.05) is 0 Å². The summed E-state index contributed by atoms with van der Waals surface area (Å²) in [7, 11) is 0. The Morgan fingerprint density at radius 1 is 1.00 bits per heavy atom. The third-order valence-electron chi connectivity index (χ3n) is 0.661. The summed E-state index contributed by atoms with van der Waals surface area (Å²) in [4.78, 5) is 0. The van der Waals surface area contributed by atoms with Crippen molar-refractivity contribution >= 4 is 13.2 Å². The van der Waals surface area contributed by atoms with Crippen molar-refractivity contribution in [1.82, 2.24) is 0 Å². The van der Waals surface area contributed by atoms with Crippen LogP contribution < -0.4 is 0 Å². The van der Waals surface area contributed by atoms with Crippen molar-refractivity contribution < 1.29 is 0 Å². The molecule has 0 radical (unpaired) electrons. The van der Waals surface area contributed by atoms with Gasteiger partial charge in [-0.25, -0.2) is 0 Å². The van der Waals surface area contributed by atoms with Gasteiger partial charge in [0, 0.05) is 0 Å². The summed E-state index contributed by atoms with van der Waals surface area (Å²) in [5, 5.41) is 0. The van der Waals surface area contributed by atoms with Crippen molar-refractivity contribution in [3.8, 4) is 36.3 Å². The minimum absolute atomic E-state index is 2.08. The molecule has 0 aliphatic rings. The molecule has 0 N–H and O–H groups in total. The van der Waals surface area contributed by atoms with Gasteiger partial charge in [-0.3, -0.25) is 0 Å². The fourth-order valence-corrected chi connectivity index (χ4v) is 0.335. The molecule has 0 atom stereocenters. The van der Waals surface area contributed by atoms with Gasteiger partial charge in [-0.2, -0.15) is 0 Å². The molecular formula is C7H5P. The van der Waals surface area contributed by atoms with Gasteiger partial charge in [0.05, 0.1) is 6.89 Å². The first kappa shape index (κ1) is 6.98. The van der Waals surface area contributed by atoms with Gasteiger partial charge in [0.15, 0.2) is 0 Å². The summed E-state index contributed by atoms with van der Waals surface area (Å²) < 4.78 is 0. The smallest absolute Gasteiger partial charge is 0.0899 e. The summed E-state index contributed by atoms with van der Waals surface area (Å²) >= 11 is 0. The third-order valence-corrected chi connectivity index (χ3v) is 1.98. The standard InChI is InChI=1S/C7H5P/c1-5-8(4,6-2)7-3/h1-3H,4H2. The highest BCUT2D eigenvalue weighted by atomic mass is 31.2. The molecule has 38 valence electrons. The van der Waals surface area contributed by atoms with Crippen LogP contribution in [0.3, 0.4) is 0 Å². The summed E-state index contributed by atoms with van der Waals surface area (Å²) in [6.45, 7) is -2.08. The number of hydrogen-bond donors (Lipinski definition) is 0. The van der Waals surface area contributed by atoms with Gasteiger partial charge in [-0.1, -0.05) is 23.3 Å². The number of hydrogen-bond acceptors (Lipinski definition) is 0. The minimum Gasteiger partial charge on any atom is -0.114 e. The lowest BCUT2D eigenvalue weighted by atomic mass is 11.3. The number of rotatable bonds is 0. The van der Waals surface area contributed by atoms with E-state index in [1.165, 1.54) is 0 Å². The maximum absolute atomic E-state index is 4.98. The van der Waals surface area contributed by atoms with Crippen LogP contribution in [0.5, 0.6) is 0 Å². The highest BCUT2D eigenvalue weighted by molar-refractivity contribution is 7.87. The van der Waals surface area contributed by atoms with Crippen molar-refractivity contribution in [3.05, 3.63) is 0 Å².